The SMILES string of the molecule is C[C@H]1CN(CCc2cccc(Cl)c2)C[C@@H]1COc1ccc(N(C)S(C)(=O)=O)cc1. The minimum absolute atomic E-state index is 0.479. The van der Waals surface area contributed by atoms with Gasteiger partial charge < -0.3 is 9.64 Å². The van der Waals surface area contributed by atoms with Crippen molar-refractivity contribution >= 4 is 27.3 Å². The van der Waals surface area contributed by atoms with Crippen LogP contribution in [0, 0.1) is 11.8 Å². The molecule has 2 aromatic rings. The molecule has 0 saturated carbocycles. The third kappa shape index (κ3) is 6.11. The van der Waals surface area contributed by atoms with E-state index < -0.39 is 10.0 Å². The van der Waals surface area contributed by atoms with Gasteiger partial charge in [-0.1, -0.05) is 30.7 Å². The second kappa shape index (κ2) is 9.37. The monoisotopic (exact) mass is 436 g/mol. The Hall–Kier alpha value is -1.76. The molecule has 0 unspecified atom stereocenters. The molecule has 0 N–H and O–H groups in total. The molecule has 1 aliphatic rings. The molecular weight excluding hydrogens is 408 g/mol. The average molecular weight is 437 g/mol. The van der Waals surface area contributed by atoms with E-state index in [1.165, 1.54) is 16.1 Å². The first-order valence-corrected chi connectivity index (χ1v) is 12.1. The normalized spacial score (nSPS) is 20.0. The Balaban J connectivity index is 1.48. The lowest BCUT2D eigenvalue weighted by Gasteiger charge is -2.18. The van der Waals surface area contributed by atoms with Gasteiger partial charge in [-0.2, -0.15) is 0 Å². The number of rotatable bonds is 8. The molecule has 0 amide bonds. The summed E-state index contributed by atoms with van der Waals surface area (Å²) in [5.74, 6) is 1.82. The Labute approximate surface area is 179 Å². The predicted molar refractivity (Wildman–Crippen MR) is 119 cm³/mol. The van der Waals surface area contributed by atoms with Gasteiger partial charge >= 0.3 is 0 Å². The molecule has 0 bridgehead atoms. The lowest BCUT2D eigenvalue weighted by atomic mass is 9.99. The molecule has 0 aliphatic carbocycles. The van der Waals surface area contributed by atoms with Crippen molar-refractivity contribution in [3.05, 3.63) is 59.1 Å². The second-order valence-corrected chi connectivity index (χ2v) is 10.4. The van der Waals surface area contributed by atoms with Gasteiger partial charge in [-0.3, -0.25) is 4.31 Å². The van der Waals surface area contributed by atoms with Crippen molar-refractivity contribution in [3.63, 3.8) is 0 Å². The van der Waals surface area contributed by atoms with Gasteiger partial charge in [-0.25, -0.2) is 8.42 Å². The van der Waals surface area contributed by atoms with Crippen molar-refractivity contribution in [3.8, 4) is 5.75 Å². The Morgan fingerprint density at radius 1 is 1.17 bits per heavy atom. The van der Waals surface area contributed by atoms with E-state index in [9.17, 15) is 8.42 Å². The van der Waals surface area contributed by atoms with Crippen LogP contribution in [-0.4, -0.2) is 52.9 Å². The summed E-state index contributed by atoms with van der Waals surface area (Å²) in [7, 11) is -1.71. The number of likely N-dealkylation sites (tertiary alicyclic amines) is 1. The highest BCUT2D eigenvalue weighted by Crippen LogP contribution is 2.26. The second-order valence-electron chi connectivity index (χ2n) is 7.91. The van der Waals surface area contributed by atoms with E-state index in [0.717, 1.165) is 36.8 Å². The topological polar surface area (TPSA) is 49.9 Å². The molecule has 1 fully saturated rings. The van der Waals surface area contributed by atoms with Gasteiger partial charge in [-0.15, -0.1) is 0 Å². The average Bonchev–Trinajstić information content (AvgIpc) is 3.03. The van der Waals surface area contributed by atoms with Crippen molar-refractivity contribution in [2.24, 2.45) is 11.8 Å². The van der Waals surface area contributed by atoms with E-state index in [1.807, 2.05) is 30.3 Å². The van der Waals surface area contributed by atoms with Gasteiger partial charge in [0, 0.05) is 37.6 Å². The zero-order chi connectivity index (χ0) is 21.0. The summed E-state index contributed by atoms with van der Waals surface area (Å²) in [5.41, 5.74) is 1.89. The molecular formula is C22H29ClN2O3S. The maximum absolute atomic E-state index is 11.6. The highest BCUT2D eigenvalue weighted by atomic mass is 35.5. The highest BCUT2D eigenvalue weighted by molar-refractivity contribution is 7.92. The predicted octanol–water partition coefficient (Wildman–Crippen LogP) is 3.93. The van der Waals surface area contributed by atoms with Gasteiger partial charge in [0.25, 0.3) is 0 Å². The first-order valence-electron chi connectivity index (χ1n) is 9.86. The minimum atomic E-state index is -3.26. The Kier molecular flexibility index (Phi) is 7.09. The lowest BCUT2D eigenvalue weighted by molar-refractivity contribution is 0.225. The molecule has 7 heteroatoms. The van der Waals surface area contributed by atoms with E-state index in [0.29, 0.717) is 24.1 Å². The number of halogens is 1. The Morgan fingerprint density at radius 2 is 1.90 bits per heavy atom. The summed E-state index contributed by atoms with van der Waals surface area (Å²) in [6, 6.07) is 15.3. The summed E-state index contributed by atoms with van der Waals surface area (Å²) in [5, 5.41) is 0.789. The zero-order valence-electron chi connectivity index (χ0n) is 17.2. The molecule has 3 rings (SSSR count). The van der Waals surface area contributed by atoms with Crippen molar-refractivity contribution in [1.29, 1.82) is 0 Å². The number of nitrogens with zero attached hydrogens (tertiary/aromatic N) is 2. The molecule has 1 aliphatic heterocycles. The van der Waals surface area contributed by atoms with Crippen LogP contribution in [0.15, 0.2) is 48.5 Å². The van der Waals surface area contributed by atoms with Gasteiger partial charge in [0.15, 0.2) is 0 Å². The molecule has 2 aromatic carbocycles. The van der Waals surface area contributed by atoms with Crippen LogP contribution in [0.4, 0.5) is 5.69 Å². The highest BCUT2D eigenvalue weighted by Gasteiger charge is 2.29. The quantitative estimate of drug-likeness (QED) is 0.629. The third-order valence-corrected chi connectivity index (χ3v) is 7.05. The number of hydrogen-bond acceptors (Lipinski definition) is 4. The molecule has 0 aromatic heterocycles. The number of anilines is 1. The first kappa shape index (κ1) is 21.9. The van der Waals surface area contributed by atoms with E-state index in [2.05, 4.69) is 17.9 Å². The first-order chi connectivity index (χ1) is 13.7. The van der Waals surface area contributed by atoms with E-state index in [1.54, 1.807) is 19.2 Å². The van der Waals surface area contributed by atoms with E-state index in [4.69, 9.17) is 16.3 Å². The zero-order valence-corrected chi connectivity index (χ0v) is 18.8. The smallest absolute Gasteiger partial charge is 0.231 e. The van der Waals surface area contributed by atoms with E-state index >= 15 is 0 Å². The summed E-state index contributed by atoms with van der Waals surface area (Å²) in [6.07, 6.45) is 2.19. The fourth-order valence-electron chi connectivity index (χ4n) is 3.67. The van der Waals surface area contributed by atoms with Crippen LogP contribution in [0.5, 0.6) is 5.75 Å². The molecule has 158 valence electrons. The van der Waals surface area contributed by atoms with Crippen LogP contribution in [-0.2, 0) is 16.4 Å². The van der Waals surface area contributed by atoms with Gasteiger partial charge in [0.2, 0.25) is 10.0 Å². The molecule has 1 saturated heterocycles. The van der Waals surface area contributed by atoms with E-state index in [-0.39, 0.29) is 0 Å². The lowest BCUT2D eigenvalue weighted by Crippen LogP contribution is -2.25. The third-order valence-electron chi connectivity index (χ3n) is 5.61. The van der Waals surface area contributed by atoms with Gasteiger partial charge in [0.1, 0.15) is 5.75 Å². The summed E-state index contributed by atoms with van der Waals surface area (Å²) in [4.78, 5) is 2.49. The standard InChI is InChI=1S/C22H29ClN2O3S/c1-17-14-25(12-11-18-5-4-6-20(23)13-18)15-19(17)16-28-22-9-7-21(8-10-22)24(2)29(3,26)27/h4-10,13,17,19H,11-12,14-16H2,1-3H3/t17-,19+/m0/s1. The molecule has 0 radical (unpaired) electrons. The van der Waals surface area contributed by atoms with Crippen molar-refractivity contribution in [2.75, 3.05) is 43.8 Å². The van der Waals surface area contributed by atoms with Crippen LogP contribution < -0.4 is 9.04 Å². The summed E-state index contributed by atoms with van der Waals surface area (Å²) in [6.45, 7) is 6.06. The van der Waals surface area contributed by atoms with Crippen LogP contribution >= 0.6 is 11.6 Å². The largest absolute Gasteiger partial charge is 0.493 e. The van der Waals surface area contributed by atoms with Crippen LogP contribution in [0.1, 0.15) is 12.5 Å². The fraction of sp³-hybridized carbons (Fsp3) is 0.455. The molecule has 5 nitrogen and oxygen atoms in total. The molecule has 2 atom stereocenters. The van der Waals surface area contributed by atoms with Crippen LogP contribution in [0.3, 0.4) is 0 Å². The van der Waals surface area contributed by atoms with Crippen molar-refractivity contribution in [1.82, 2.24) is 4.90 Å². The maximum Gasteiger partial charge on any atom is 0.231 e. The van der Waals surface area contributed by atoms with Crippen LogP contribution in [0.25, 0.3) is 0 Å². The fourth-order valence-corrected chi connectivity index (χ4v) is 4.39. The molecule has 1 heterocycles. The number of benzene rings is 2. The number of sulfonamides is 1. The molecule has 0 spiro atoms. The minimum Gasteiger partial charge on any atom is -0.493 e. The number of hydrogen-bond donors (Lipinski definition) is 0. The summed E-state index contributed by atoms with van der Waals surface area (Å²) < 4.78 is 30.5. The maximum atomic E-state index is 11.6. The molecule has 29 heavy (non-hydrogen) atoms. The number of ether oxygens (including phenoxy) is 1. The van der Waals surface area contributed by atoms with Crippen LogP contribution in [0.2, 0.25) is 5.02 Å². The van der Waals surface area contributed by atoms with Crippen molar-refractivity contribution in [2.45, 2.75) is 13.3 Å². The van der Waals surface area contributed by atoms with Gasteiger partial charge in [0.05, 0.1) is 18.6 Å². The van der Waals surface area contributed by atoms with Crippen molar-refractivity contribution < 1.29 is 13.2 Å². The Morgan fingerprint density at radius 3 is 2.55 bits per heavy atom. The Bertz CT molecular complexity index is 918. The summed E-state index contributed by atoms with van der Waals surface area (Å²) >= 11 is 6.07. The van der Waals surface area contributed by atoms with Gasteiger partial charge in [-0.05, 0) is 54.3 Å².